The monoisotopic (exact) mass is 264 g/mol. The molecule has 0 saturated heterocycles. The van der Waals surface area contributed by atoms with Gasteiger partial charge < -0.3 is 9.84 Å². The summed E-state index contributed by atoms with van der Waals surface area (Å²) in [6.45, 7) is 1.54. The Hall–Kier alpha value is -1.94. The van der Waals surface area contributed by atoms with Crippen molar-refractivity contribution in [2.24, 2.45) is 0 Å². The zero-order valence-corrected chi connectivity index (χ0v) is 10.4. The molecule has 0 aliphatic rings. The Morgan fingerprint density at radius 2 is 1.89 bits per heavy atom. The molecule has 0 bridgehead atoms. The van der Waals surface area contributed by atoms with E-state index in [4.69, 9.17) is 4.74 Å². The van der Waals surface area contributed by atoms with E-state index in [1.807, 2.05) is 0 Å². The molecule has 0 aliphatic heterocycles. The van der Waals surface area contributed by atoms with E-state index < -0.39 is 11.9 Å². The second-order valence-corrected chi connectivity index (χ2v) is 4.24. The molecule has 2 rings (SSSR count). The van der Waals surface area contributed by atoms with Gasteiger partial charge in [-0.05, 0) is 31.2 Å². The lowest BCUT2D eigenvalue weighted by Gasteiger charge is -2.13. The van der Waals surface area contributed by atoms with Gasteiger partial charge >= 0.3 is 0 Å². The lowest BCUT2D eigenvalue weighted by molar-refractivity contribution is 0.189. The summed E-state index contributed by atoms with van der Waals surface area (Å²) in [6, 6.07) is 10.1. The fraction of sp³-hybridized carbons (Fsp3) is 0.200. The van der Waals surface area contributed by atoms with Crippen LogP contribution in [0.1, 0.15) is 24.2 Å². The molecule has 0 amide bonds. The molecule has 0 aromatic heterocycles. The molecule has 0 fully saturated rings. The number of hydrogen-bond acceptors (Lipinski definition) is 2. The molecular formula is C15H14F2O2. The van der Waals surface area contributed by atoms with Crippen LogP contribution < -0.4 is 4.74 Å². The lowest BCUT2D eigenvalue weighted by Crippen LogP contribution is -2.03. The van der Waals surface area contributed by atoms with E-state index >= 15 is 0 Å². The zero-order chi connectivity index (χ0) is 13.8. The third-order valence-corrected chi connectivity index (χ3v) is 2.76. The number of rotatable bonds is 4. The highest BCUT2D eigenvalue weighted by Crippen LogP contribution is 2.26. The second-order valence-electron chi connectivity index (χ2n) is 4.24. The Morgan fingerprint density at radius 1 is 1.16 bits per heavy atom. The molecule has 19 heavy (non-hydrogen) atoms. The SMILES string of the molecule is C[C@@H](O)c1cc(F)ccc1OCc1ccccc1F. The van der Waals surface area contributed by atoms with E-state index in [2.05, 4.69) is 0 Å². The first-order valence-corrected chi connectivity index (χ1v) is 5.91. The predicted octanol–water partition coefficient (Wildman–Crippen LogP) is 3.60. The van der Waals surface area contributed by atoms with Crippen LogP contribution in [0.5, 0.6) is 5.75 Å². The quantitative estimate of drug-likeness (QED) is 0.914. The maximum Gasteiger partial charge on any atom is 0.129 e. The fourth-order valence-corrected chi connectivity index (χ4v) is 1.75. The highest BCUT2D eigenvalue weighted by molar-refractivity contribution is 5.35. The Labute approximate surface area is 110 Å². The number of aliphatic hydroxyl groups is 1. The van der Waals surface area contributed by atoms with Gasteiger partial charge in [-0.25, -0.2) is 8.78 Å². The summed E-state index contributed by atoms with van der Waals surface area (Å²) in [5.74, 6) is -0.461. The van der Waals surface area contributed by atoms with Crippen LogP contribution in [0, 0.1) is 11.6 Å². The molecule has 1 N–H and O–H groups in total. The molecular weight excluding hydrogens is 250 g/mol. The van der Waals surface area contributed by atoms with Gasteiger partial charge in [0.1, 0.15) is 24.0 Å². The van der Waals surface area contributed by atoms with Crippen molar-refractivity contribution in [2.75, 3.05) is 0 Å². The fourth-order valence-electron chi connectivity index (χ4n) is 1.75. The molecule has 2 nitrogen and oxygen atoms in total. The number of hydrogen-bond donors (Lipinski definition) is 1. The summed E-state index contributed by atoms with van der Waals surface area (Å²) in [6.07, 6.45) is -0.855. The van der Waals surface area contributed by atoms with E-state index in [0.29, 0.717) is 16.9 Å². The van der Waals surface area contributed by atoms with Gasteiger partial charge in [-0.1, -0.05) is 18.2 Å². The van der Waals surface area contributed by atoms with Crippen LogP contribution >= 0.6 is 0 Å². The maximum absolute atomic E-state index is 13.4. The van der Waals surface area contributed by atoms with Crippen molar-refractivity contribution in [1.29, 1.82) is 0 Å². The highest BCUT2D eigenvalue weighted by atomic mass is 19.1. The van der Waals surface area contributed by atoms with Crippen LogP contribution in [0.15, 0.2) is 42.5 Å². The second kappa shape index (κ2) is 5.80. The van der Waals surface area contributed by atoms with Gasteiger partial charge in [0.15, 0.2) is 0 Å². The summed E-state index contributed by atoms with van der Waals surface area (Å²) >= 11 is 0. The summed E-state index contributed by atoms with van der Waals surface area (Å²) in [5, 5.41) is 9.56. The van der Waals surface area contributed by atoms with Gasteiger partial charge in [0.05, 0.1) is 6.10 Å². The first-order chi connectivity index (χ1) is 9.08. The molecule has 0 heterocycles. The molecule has 0 aliphatic carbocycles. The minimum Gasteiger partial charge on any atom is -0.488 e. The minimum absolute atomic E-state index is 0.0258. The Kier molecular flexibility index (Phi) is 4.12. The van der Waals surface area contributed by atoms with Crippen molar-refractivity contribution in [3.05, 3.63) is 65.2 Å². The number of benzene rings is 2. The van der Waals surface area contributed by atoms with Crippen LogP contribution in [0.4, 0.5) is 8.78 Å². The average molecular weight is 264 g/mol. The topological polar surface area (TPSA) is 29.5 Å². The van der Waals surface area contributed by atoms with Crippen LogP contribution in [-0.2, 0) is 6.61 Å². The van der Waals surface area contributed by atoms with E-state index in [1.54, 1.807) is 18.2 Å². The van der Waals surface area contributed by atoms with E-state index in [-0.39, 0.29) is 12.4 Å². The van der Waals surface area contributed by atoms with Gasteiger partial charge in [0.25, 0.3) is 0 Å². The van der Waals surface area contributed by atoms with Crippen molar-refractivity contribution in [2.45, 2.75) is 19.6 Å². The summed E-state index contributed by atoms with van der Waals surface area (Å²) in [7, 11) is 0. The van der Waals surface area contributed by atoms with Crippen molar-refractivity contribution >= 4 is 0 Å². The summed E-state index contributed by atoms with van der Waals surface area (Å²) in [4.78, 5) is 0. The first kappa shape index (κ1) is 13.5. The molecule has 2 aromatic rings. The Bertz CT molecular complexity index is 568. The molecule has 0 saturated carbocycles. The molecule has 4 heteroatoms. The average Bonchev–Trinajstić information content (AvgIpc) is 2.38. The molecule has 0 radical (unpaired) electrons. The minimum atomic E-state index is -0.855. The van der Waals surface area contributed by atoms with Crippen LogP contribution in [0.2, 0.25) is 0 Å². The van der Waals surface area contributed by atoms with Crippen LogP contribution in [0.25, 0.3) is 0 Å². The van der Waals surface area contributed by atoms with E-state index in [0.717, 1.165) is 0 Å². The lowest BCUT2D eigenvalue weighted by atomic mass is 10.1. The van der Waals surface area contributed by atoms with Gasteiger partial charge in [-0.3, -0.25) is 0 Å². The van der Waals surface area contributed by atoms with Gasteiger partial charge in [-0.2, -0.15) is 0 Å². The van der Waals surface area contributed by atoms with E-state index in [1.165, 1.54) is 31.2 Å². The number of halogens is 2. The van der Waals surface area contributed by atoms with Gasteiger partial charge in [-0.15, -0.1) is 0 Å². The maximum atomic E-state index is 13.4. The highest BCUT2D eigenvalue weighted by Gasteiger charge is 2.11. The molecule has 0 spiro atoms. The first-order valence-electron chi connectivity index (χ1n) is 5.91. The third-order valence-electron chi connectivity index (χ3n) is 2.76. The van der Waals surface area contributed by atoms with Gasteiger partial charge in [0, 0.05) is 11.1 Å². The van der Waals surface area contributed by atoms with Crippen molar-refractivity contribution in [3.8, 4) is 5.75 Å². The number of ether oxygens (including phenoxy) is 1. The summed E-state index contributed by atoms with van der Waals surface area (Å²) < 4.78 is 32.0. The third kappa shape index (κ3) is 3.29. The molecule has 100 valence electrons. The summed E-state index contributed by atoms with van der Waals surface area (Å²) in [5.41, 5.74) is 0.750. The smallest absolute Gasteiger partial charge is 0.129 e. The normalized spacial score (nSPS) is 12.2. The Balaban J connectivity index is 2.18. The van der Waals surface area contributed by atoms with Crippen molar-refractivity contribution < 1.29 is 18.6 Å². The van der Waals surface area contributed by atoms with Gasteiger partial charge in [0.2, 0.25) is 0 Å². The standard InChI is InChI=1S/C15H14F2O2/c1-10(18)13-8-12(16)6-7-15(13)19-9-11-4-2-3-5-14(11)17/h2-8,10,18H,9H2,1H3/t10-/m1/s1. The number of aliphatic hydroxyl groups excluding tert-OH is 1. The van der Waals surface area contributed by atoms with Crippen molar-refractivity contribution in [1.82, 2.24) is 0 Å². The van der Waals surface area contributed by atoms with Crippen LogP contribution in [0.3, 0.4) is 0 Å². The molecule has 0 unspecified atom stereocenters. The van der Waals surface area contributed by atoms with Crippen molar-refractivity contribution in [3.63, 3.8) is 0 Å². The van der Waals surface area contributed by atoms with Crippen LogP contribution in [-0.4, -0.2) is 5.11 Å². The van der Waals surface area contributed by atoms with E-state index in [9.17, 15) is 13.9 Å². The molecule has 2 aromatic carbocycles. The molecule has 1 atom stereocenters. The zero-order valence-electron chi connectivity index (χ0n) is 10.4. The largest absolute Gasteiger partial charge is 0.488 e. The Morgan fingerprint density at radius 3 is 2.58 bits per heavy atom. The predicted molar refractivity (Wildman–Crippen MR) is 67.8 cm³/mol.